The number of benzene rings is 2. The molecule has 0 bridgehead atoms. The van der Waals surface area contributed by atoms with Crippen molar-refractivity contribution in [1.29, 1.82) is 0 Å². The Hall–Kier alpha value is -3.14. The standard InChI is InChI=1S/C25H25N3O/c1-29-22-9-5-8-21(16-22)18-10-12-19(13-11-18)23-17-26-24-14-15-27-28(24)25(23)20-6-3-2-4-7-20/h5,8-17,20H,2-4,6-7H2,1H3. The molecule has 5 rings (SSSR count). The molecule has 0 saturated heterocycles. The number of rotatable bonds is 4. The largest absolute Gasteiger partial charge is 0.497 e. The summed E-state index contributed by atoms with van der Waals surface area (Å²) < 4.78 is 7.42. The van der Waals surface area contributed by atoms with Gasteiger partial charge in [-0.2, -0.15) is 5.10 Å². The lowest BCUT2D eigenvalue weighted by atomic mass is 9.84. The summed E-state index contributed by atoms with van der Waals surface area (Å²) in [4.78, 5) is 4.66. The summed E-state index contributed by atoms with van der Waals surface area (Å²) in [7, 11) is 1.70. The number of fused-ring (bicyclic) bond motifs is 1. The van der Waals surface area contributed by atoms with Gasteiger partial charge in [-0.3, -0.25) is 0 Å². The molecule has 1 aliphatic rings. The highest BCUT2D eigenvalue weighted by Crippen LogP contribution is 2.38. The molecule has 4 aromatic rings. The molecule has 4 heteroatoms. The molecule has 146 valence electrons. The lowest BCUT2D eigenvalue weighted by molar-refractivity contribution is 0.415. The van der Waals surface area contributed by atoms with Crippen molar-refractivity contribution in [2.45, 2.75) is 38.0 Å². The normalized spacial score (nSPS) is 14.9. The van der Waals surface area contributed by atoms with E-state index in [-0.39, 0.29) is 0 Å². The van der Waals surface area contributed by atoms with Gasteiger partial charge in [0, 0.05) is 23.7 Å². The fourth-order valence-electron chi connectivity index (χ4n) is 4.53. The Balaban J connectivity index is 1.56. The highest BCUT2D eigenvalue weighted by Gasteiger charge is 2.23. The zero-order valence-electron chi connectivity index (χ0n) is 16.7. The molecule has 1 fully saturated rings. The van der Waals surface area contributed by atoms with E-state index < -0.39 is 0 Å². The summed E-state index contributed by atoms with van der Waals surface area (Å²) in [5.41, 5.74) is 6.98. The fraction of sp³-hybridized carbons (Fsp3) is 0.280. The summed E-state index contributed by atoms with van der Waals surface area (Å²) in [5, 5.41) is 4.60. The predicted molar refractivity (Wildman–Crippen MR) is 116 cm³/mol. The van der Waals surface area contributed by atoms with Crippen molar-refractivity contribution in [2.24, 2.45) is 0 Å². The molecule has 0 spiro atoms. The second-order valence-electron chi connectivity index (χ2n) is 7.80. The maximum absolute atomic E-state index is 5.37. The molecule has 2 aromatic heterocycles. The summed E-state index contributed by atoms with van der Waals surface area (Å²) in [6.45, 7) is 0. The van der Waals surface area contributed by atoms with E-state index in [9.17, 15) is 0 Å². The summed E-state index contributed by atoms with van der Waals surface area (Å²) in [6.07, 6.45) is 10.3. The van der Waals surface area contributed by atoms with Gasteiger partial charge in [0.15, 0.2) is 5.65 Å². The molecule has 29 heavy (non-hydrogen) atoms. The van der Waals surface area contributed by atoms with Crippen LogP contribution in [0.4, 0.5) is 0 Å². The maximum Gasteiger partial charge on any atom is 0.155 e. The smallest absolute Gasteiger partial charge is 0.155 e. The van der Waals surface area contributed by atoms with Crippen molar-refractivity contribution in [3.05, 3.63) is 72.7 Å². The van der Waals surface area contributed by atoms with Crippen LogP contribution in [0.5, 0.6) is 5.75 Å². The van der Waals surface area contributed by atoms with Crippen LogP contribution in [0.15, 0.2) is 67.0 Å². The van der Waals surface area contributed by atoms with Crippen LogP contribution >= 0.6 is 0 Å². The third-order valence-corrected chi connectivity index (χ3v) is 6.04. The second kappa shape index (κ2) is 7.70. The van der Waals surface area contributed by atoms with Crippen LogP contribution in [-0.4, -0.2) is 21.7 Å². The molecular weight excluding hydrogens is 358 g/mol. The van der Waals surface area contributed by atoms with Crippen LogP contribution in [0.3, 0.4) is 0 Å². The highest BCUT2D eigenvalue weighted by atomic mass is 16.5. The number of hydrogen-bond acceptors (Lipinski definition) is 3. The van der Waals surface area contributed by atoms with Crippen molar-refractivity contribution in [3.63, 3.8) is 0 Å². The lowest BCUT2D eigenvalue weighted by Gasteiger charge is -2.25. The lowest BCUT2D eigenvalue weighted by Crippen LogP contribution is -2.12. The van der Waals surface area contributed by atoms with Gasteiger partial charge in [0.05, 0.1) is 19.0 Å². The minimum absolute atomic E-state index is 0.544. The third kappa shape index (κ3) is 3.39. The molecule has 4 nitrogen and oxygen atoms in total. The first kappa shape index (κ1) is 17.9. The molecule has 1 saturated carbocycles. The first-order chi connectivity index (χ1) is 14.3. The molecule has 2 heterocycles. The van der Waals surface area contributed by atoms with Gasteiger partial charge in [-0.25, -0.2) is 9.50 Å². The molecular formula is C25H25N3O. The monoisotopic (exact) mass is 383 g/mol. The van der Waals surface area contributed by atoms with Crippen LogP contribution in [0.2, 0.25) is 0 Å². The van der Waals surface area contributed by atoms with E-state index in [1.165, 1.54) is 54.5 Å². The Morgan fingerprint density at radius 3 is 2.48 bits per heavy atom. The Bertz CT molecular complexity index is 1120. The maximum atomic E-state index is 5.37. The van der Waals surface area contributed by atoms with Crippen LogP contribution in [0.1, 0.15) is 43.7 Å². The molecule has 0 aliphatic heterocycles. The predicted octanol–water partition coefficient (Wildman–Crippen LogP) is 6.12. The van der Waals surface area contributed by atoms with E-state index in [2.05, 4.69) is 51.0 Å². The molecule has 0 amide bonds. The van der Waals surface area contributed by atoms with E-state index in [0.29, 0.717) is 5.92 Å². The van der Waals surface area contributed by atoms with Gasteiger partial charge < -0.3 is 4.74 Å². The number of hydrogen-bond donors (Lipinski definition) is 0. The van der Waals surface area contributed by atoms with Crippen LogP contribution in [-0.2, 0) is 0 Å². The van der Waals surface area contributed by atoms with E-state index in [0.717, 1.165) is 17.0 Å². The Morgan fingerprint density at radius 2 is 1.69 bits per heavy atom. The number of ether oxygens (including phenoxy) is 1. The van der Waals surface area contributed by atoms with Crippen molar-refractivity contribution >= 4 is 5.65 Å². The molecule has 0 N–H and O–H groups in total. The van der Waals surface area contributed by atoms with Crippen LogP contribution in [0.25, 0.3) is 27.9 Å². The van der Waals surface area contributed by atoms with Gasteiger partial charge in [-0.1, -0.05) is 55.7 Å². The number of methoxy groups -OCH3 is 1. The van der Waals surface area contributed by atoms with Crippen molar-refractivity contribution in [3.8, 4) is 28.0 Å². The summed E-state index contributed by atoms with van der Waals surface area (Å²) >= 11 is 0. The average molecular weight is 383 g/mol. The van der Waals surface area contributed by atoms with E-state index in [4.69, 9.17) is 4.74 Å². The van der Waals surface area contributed by atoms with Crippen molar-refractivity contribution in [2.75, 3.05) is 7.11 Å². The minimum Gasteiger partial charge on any atom is -0.497 e. The molecule has 0 unspecified atom stereocenters. The number of aromatic nitrogens is 3. The first-order valence-corrected chi connectivity index (χ1v) is 10.4. The topological polar surface area (TPSA) is 39.4 Å². The SMILES string of the molecule is COc1cccc(-c2ccc(-c3cnc4ccnn4c3C3CCCCC3)cc2)c1. The zero-order valence-corrected chi connectivity index (χ0v) is 16.7. The summed E-state index contributed by atoms with van der Waals surface area (Å²) in [5.74, 6) is 1.42. The van der Waals surface area contributed by atoms with E-state index >= 15 is 0 Å². The molecule has 2 aromatic carbocycles. The van der Waals surface area contributed by atoms with Crippen molar-refractivity contribution < 1.29 is 4.74 Å². The van der Waals surface area contributed by atoms with Crippen LogP contribution in [0, 0.1) is 0 Å². The van der Waals surface area contributed by atoms with Gasteiger partial charge in [-0.05, 0) is 41.7 Å². The fourth-order valence-corrected chi connectivity index (χ4v) is 4.53. The van der Waals surface area contributed by atoms with Crippen LogP contribution < -0.4 is 4.74 Å². The highest BCUT2D eigenvalue weighted by molar-refractivity contribution is 5.73. The quantitative estimate of drug-likeness (QED) is 0.426. The Kier molecular flexibility index (Phi) is 4.76. The van der Waals surface area contributed by atoms with Gasteiger partial charge in [0.2, 0.25) is 0 Å². The van der Waals surface area contributed by atoms with Gasteiger partial charge in [0.25, 0.3) is 0 Å². The molecule has 0 radical (unpaired) electrons. The summed E-state index contributed by atoms with van der Waals surface area (Å²) in [6, 6.07) is 18.9. The van der Waals surface area contributed by atoms with Crippen molar-refractivity contribution in [1.82, 2.24) is 14.6 Å². The Morgan fingerprint density at radius 1 is 0.897 bits per heavy atom. The molecule has 1 aliphatic carbocycles. The molecule has 0 atom stereocenters. The average Bonchev–Trinajstić information content (AvgIpc) is 3.28. The first-order valence-electron chi connectivity index (χ1n) is 10.4. The zero-order chi connectivity index (χ0) is 19.6. The van der Waals surface area contributed by atoms with Gasteiger partial charge >= 0.3 is 0 Å². The number of nitrogens with zero attached hydrogens (tertiary/aromatic N) is 3. The van der Waals surface area contributed by atoms with E-state index in [1.807, 2.05) is 30.6 Å². The third-order valence-electron chi connectivity index (χ3n) is 6.04. The van der Waals surface area contributed by atoms with Gasteiger partial charge in [0.1, 0.15) is 5.75 Å². The second-order valence-corrected chi connectivity index (χ2v) is 7.80. The van der Waals surface area contributed by atoms with E-state index in [1.54, 1.807) is 7.11 Å². The Labute approximate surface area is 171 Å². The van der Waals surface area contributed by atoms with Gasteiger partial charge in [-0.15, -0.1) is 0 Å². The minimum atomic E-state index is 0.544.